The van der Waals surface area contributed by atoms with Crippen LogP contribution in [-0.2, 0) is 19.7 Å². The molecule has 2 aromatic carbocycles. The summed E-state index contributed by atoms with van der Waals surface area (Å²) in [5.41, 5.74) is 2.33. The van der Waals surface area contributed by atoms with Gasteiger partial charge in [0.2, 0.25) is 0 Å². The number of ether oxygens (including phenoxy) is 1. The monoisotopic (exact) mass is 342 g/mol. The Bertz CT molecular complexity index is 708. The van der Waals surface area contributed by atoms with Crippen molar-refractivity contribution in [2.75, 3.05) is 0 Å². The molecule has 0 saturated carbocycles. The first-order valence-electron chi connectivity index (χ1n) is 8.35. The fraction of sp³-hybridized carbons (Fsp3) is 0.350. The third-order valence-corrected chi connectivity index (χ3v) is 3.56. The maximum Gasteiger partial charge on any atom is 0.315 e. The van der Waals surface area contributed by atoms with Crippen LogP contribution in [0.3, 0.4) is 0 Å². The molecule has 25 heavy (non-hydrogen) atoms. The van der Waals surface area contributed by atoms with Crippen LogP contribution in [0.4, 0.5) is 4.79 Å². The van der Waals surface area contributed by atoms with Crippen LogP contribution in [0.5, 0.6) is 5.75 Å². The van der Waals surface area contributed by atoms with Crippen molar-refractivity contribution < 1.29 is 14.6 Å². The number of urea groups is 1. The second-order valence-corrected chi connectivity index (χ2v) is 6.79. The summed E-state index contributed by atoms with van der Waals surface area (Å²) in [6.07, 6.45) is 0. The summed E-state index contributed by atoms with van der Waals surface area (Å²) >= 11 is 0. The fourth-order valence-electron chi connectivity index (χ4n) is 2.38. The third kappa shape index (κ3) is 6.12. The molecule has 5 nitrogen and oxygen atoms in total. The van der Waals surface area contributed by atoms with Crippen molar-refractivity contribution in [3.63, 3.8) is 0 Å². The van der Waals surface area contributed by atoms with E-state index in [2.05, 4.69) is 10.6 Å². The van der Waals surface area contributed by atoms with Crippen LogP contribution in [0.1, 0.15) is 37.5 Å². The minimum absolute atomic E-state index is 0.0447. The minimum atomic E-state index is -0.299. The van der Waals surface area contributed by atoms with Gasteiger partial charge in [0.25, 0.3) is 0 Å². The molecule has 5 heteroatoms. The molecule has 0 aliphatic carbocycles. The number of para-hydroxylation sites is 1. The van der Waals surface area contributed by atoms with E-state index < -0.39 is 0 Å². The number of rotatable bonds is 6. The van der Waals surface area contributed by atoms with Crippen LogP contribution in [0.2, 0.25) is 0 Å². The normalized spacial score (nSPS) is 11.0. The van der Waals surface area contributed by atoms with Crippen molar-refractivity contribution in [3.8, 4) is 5.75 Å². The van der Waals surface area contributed by atoms with Gasteiger partial charge in [-0.25, -0.2) is 4.79 Å². The number of carbonyl (C=O) groups is 1. The van der Waals surface area contributed by atoms with Crippen LogP contribution in [-0.4, -0.2) is 16.7 Å². The van der Waals surface area contributed by atoms with Crippen molar-refractivity contribution in [3.05, 3.63) is 65.2 Å². The highest BCUT2D eigenvalue weighted by molar-refractivity contribution is 5.74. The molecule has 0 aliphatic heterocycles. The molecule has 2 amide bonds. The van der Waals surface area contributed by atoms with Crippen LogP contribution >= 0.6 is 0 Å². The third-order valence-electron chi connectivity index (χ3n) is 3.56. The Hall–Kier alpha value is -2.53. The number of benzene rings is 2. The van der Waals surface area contributed by atoms with E-state index in [0.717, 1.165) is 22.4 Å². The van der Waals surface area contributed by atoms with Gasteiger partial charge >= 0.3 is 6.03 Å². The number of hydrogen-bond donors (Lipinski definition) is 3. The largest absolute Gasteiger partial charge is 0.488 e. The van der Waals surface area contributed by atoms with Gasteiger partial charge in [-0.2, -0.15) is 0 Å². The summed E-state index contributed by atoms with van der Waals surface area (Å²) in [6, 6.07) is 14.9. The van der Waals surface area contributed by atoms with Crippen molar-refractivity contribution in [2.24, 2.45) is 0 Å². The van der Waals surface area contributed by atoms with Gasteiger partial charge < -0.3 is 20.5 Å². The van der Waals surface area contributed by atoms with Crippen LogP contribution in [0.15, 0.2) is 48.5 Å². The van der Waals surface area contributed by atoms with Crippen molar-refractivity contribution >= 4 is 6.03 Å². The van der Waals surface area contributed by atoms with Crippen molar-refractivity contribution in [2.45, 2.75) is 46.1 Å². The lowest BCUT2D eigenvalue weighted by atomic mass is 10.1. The zero-order valence-electron chi connectivity index (χ0n) is 15.0. The molecule has 0 unspecified atom stereocenters. The summed E-state index contributed by atoms with van der Waals surface area (Å²) < 4.78 is 5.93. The number of amides is 2. The first-order chi connectivity index (χ1) is 11.9. The van der Waals surface area contributed by atoms with E-state index in [1.54, 1.807) is 0 Å². The minimum Gasteiger partial charge on any atom is -0.488 e. The smallest absolute Gasteiger partial charge is 0.315 e. The quantitative estimate of drug-likeness (QED) is 0.754. The number of nitrogens with one attached hydrogen (secondary N) is 2. The summed E-state index contributed by atoms with van der Waals surface area (Å²) in [4.78, 5) is 12.1. The highest BCUT2D eigenvalue weighted by Crippen LogP contribution is 2.22. The van der Waals surface area contributed by atoms with Gasteiger partial charge in [0.15, 0.2) is 0 Å². The Labute approximate surface area is 149 Å². The highest BCUT2D eigenvalue weighted by atomic mass is 16.5. The first-order valence-corrected chi connectivity index (χ1v) is 8.35. The average molecular weight is 342 g/mol. The number of hydrogen-bond acceptors (Lipinski definition) is 3. The van der Waals surface area contributed by atoms with Gasteiger partial charge in [-0.1, -0.05) is 42.5 Å². The van der Waals surface area contributed by atoms with Gasteiger partial charge in [0, 0.05) is 18.7 Å². The molecule has 0 bridgehead atoms. The Morgan fingerprint density at radius 2 is 1.44 bits per heavy atom. The molecule has 2 rings (SSSR count). The first kappa shape index (κ1) is 18.8. The molecule has 0 atom stereocenters. The number of aliphatic hydroxyl groups excluding tert-OH is 1. The van der Waals surface area contributed by atoms with Gasteiger partial charge in [-0.05, 0) is 38.0 Å². The van der Waals surface area contributed by atoms with E-state index in [1.807, 2.05) is 69.3 Å². The fourth-order valence-corrected chi connectivity index (χ4v) is 2.38. The lowest BCUT2D eigenvalue weighted by molar-refractivity contribution is 0.129. The molecule has 3 N–H and O–H groups in total. The Kier molecular flexibility index (Phi) is 6.42. The second kappa shape index (κ2) is 8.53. The van der Waals surface area contributed by atoms with E-state index in [0.29, 0.717) is 13.1 Å². The van der Waals surface area contributed by atoms with Gasteiger partial charge in [0.1, 0.15) is 11.4 Å². The summed E-state index contributed by atoms with van der Waals surface area (Å²) in [5.74, 6) is 0.765. The topological polar surface area (TPSA) is 70.6 Å². The lowest BCUT2D eigenvalue weighted by Gasteiger charge is -2.23. The molecule has 134 valence electrons. The highest BCUT2D eigenvalue weighted by Gasteiger charge is 2.14. The van der Waals surface area contributed by atoms with E-state index in [4.69, 9.17) is 4.74 Å². The molecule has 0 saturated heterocycles. The summed E-state index contributed by atoms with van der Waals surface area (Å²) in [6.45, 7) is 6.66. The predicted molar refractivity (Wildman–Crippen MR) is 98.3 cm³/mol. The van der Waals surface area contributed by atoms with E-state index in [1.165, 1.54) is 0 Å². The molecular weight excluding hydrogens is 316 g/mol. The SMILES string of the molecule is CC(C)(C)Oc1ccccc1CNC(=O)NCc1ccccc1CO. The van der Waals surface area contributed by atoms with E-state index >= 15 is 0 Å². The summed E-state index contributed by atoms with van der Waals surface area (Å²) in [5, 5.41) is 15.0. The average Bonchev–Trinajstić information content (AvgIpc) is 2.58. The molecule has 0 aromatic heterocycles. The van der Waals surface area contributed by atoms with Gasteiger partial charge in [-0.3, -0.25) is 0 Å². The number of aliphatic hydroxyl groups is 1. The van der Waals surface area contributed by atoms with Crippen molar-refractivity contribution in [1.29, 1.82) is 0 Å². The molecular formula is C20H26N2O3. The molecule has 0 radical (unpaired) electrons. The van der Waals surface area contributed by atoms with Gasteiger partial charge in [0.05, 0.1) is 6.61 Å². The van der Waals surface area contributed by atoms with Crippen LogP contribution in [0.25, 0.3) is 0 Å². The summed E-state index contributed by atoms with van der Waals surface area (Å²) in [7, 11) is 0. The van der Waals surface area contributed by atoms with Crippen molar-refractivity contribution in [1.82, 2.24) is 10.6 Å². The Balaban J connectivity index is 1.90. The lowest BCUT2D eigenvalue weighted by Crippen LogP contribution is -2.35. The standard InChI is InChI=1S/C20H26N2O3/c1-20(2,3)25-18-11-7-6-9-16(18)13-22-19(24)21-12-15-8-4-5-10-17(15)14-23/h4-11,23H,12-14H2,1-3H3,(H2,21,22,24). The van der Waals surface area contributed by atoms with Crippen LogP contribution in [0, 0.1) is 0 Å². The predicted octanol–water partition coefficient (Wildman–Crippen LogP) is 3.36. The number of carbonyl (C=O) groups excluding carboxylic acids is 1. The maximum atomic E-state index is 12.1. The Morgan fingerprint density at radius 1 is 0.920 bits per heavy atom. The Morgan fingerprint density at radius 3 is 2.04 bits per heavy atom. The molecule has 0 heterocycles. The molecule has 0 aliphatic rings. The molecule has 0 spiro atoms. The zero-order chi connectivity index (χ0) is 18.3. The second-order valence-electron chi connectivity index (χ2n) is 6.79. The maximum absolute atomic E-state index is 12.1. The zero-order valence-corrected chi connectivity index (χ0v) is 15.0. The molecule has 0 fully saturated rings. The van der Waals surface area contributed by atoms with Gasteiger partial charge in [-0.15, -0.1) is 0 Å². The van der Waals surface area contributed by atoms with E-state index in [-0.39, 0.29) is 18.2 Å². The van der Waals surface area contributed by atoms with E-state index in [9.17, 15) is 9.90 Å². The van der Waals surface area contributed by atoms with Crippen LogP contribution < -0.4 is 15.4 Å². The molecule has 2 aromatic rings.